The van der Waals surface area contributed by atoms with Gasteiger partial charge in [-0.15, -0.1) is 0 Å². The monoisotopic (exact) mass is 1840 g/mol. The summed E-state index contributed by atoms with van der Waals surface area (Å²) in [6.07, 6.45) is 0. The first-order valence-corrected chi connectivity index (χ1v) is 48.7. The maximum Gasteiger partial charge on any atom is 0.235 e. The minimum absolute atomic E-state index is 0.632. The molecule has 0 aliphatic heterocycles. The van der Waals surface area contributed by atoms with Gasteiger partial charge in [0, 0.05) is 121 Å². The van der Waals surface area contributed by atoms with Crippen LogP contribution in [-0.2, 0) is 0 Å². The molecule has 0 N–H and O–H groups in total. The lowest BCUT2D eigenvalue weighted by atomic mass is 9.96. The average Bonchev–Trinajstić information content (AvgIpc) is 1.54. The predicted molar refractivity (Wildman–Crippen MR) is 596 cm³/mol. The lowest BCUT2D eigenvalue weighted by Crippen LogP contribution is -2.05. The van der Waals surface area contributed by atoms with Gasteiger partial charge in [-0.05, 0) is 119 Å². The van der Waals surface area contributed by atoms with Gasteiger partial charge < -0.3 is 13.7 Å². The molecule has 9 aromatic heterocycles. The smallest absolute Gasteiger partial charge is 0.235 e. The summed E-state index contributed by atoms with van der Waals surface area (Å²) >= 11 is 0. The molecule has 0 saturated carbocycles. The summed E-state index contributed by atoms with van der Waals surface area (Å²) in [6, 6.07) is 184. The molecule has 674 valence electrons. The van der Waals surface area contributed by atoms with Crippen LogP contribution >= 0.6 is 0 Å². The third kappa shape index (κ3) is 14.4. The van der Waals surface area contributed by atoms with E-state index in [1.807, 2.05) is 48.5 Å². The molecule has 0 spiro atoms. The van der Waals surface area contributed by atoms with Gasteiger partial charge in [0.1, 0.15) is 5.82 Å². The number of aromatic nitrogens is 12. The molecule has 0 amide bonds. The molecule has 29 rings (SSSR count). The van der Waals surface area contributed by atoms with Crippen LogP contribution in [0, 0.1) is 0 Å². The number of fused-ring (bicyclic) bond motifs is 21. The van der Waals surface area contributed by atoms with Crippen LogP contribution in [0.1, 0.15) is 0 Å². The van der Waals surface area contributed by atoms with Crippen molar-refractivity contribution < 1.29 is 0 Å². The largest absolute Gasteiger partial charge is 0.307 e. The van der Waals surface area contributed by atoms with Gasteiger partial charge in [0.25, 0.3) is 0 Å². The molecule has 29 aromatic rings. The molecule has 12 nitrogen and oxygen atoms in total. The fraction of sp³-hybridized carbons (Fsp3) is 0. The predicted octanol–water partition coefficient (Wildman–Crippen LogP) is 33.3. The Bertz CT molecular complexity index is 9790. The normalized spacial score (nSPS) is 11.6. The molecular formula is C132H86N12. The second-order valence-corrected chi connectivity index (χ2v) is 36.3. The fourth-order valence-corrected chi connectivity index (χ4v) is 21.6. The Kier molecular flexibility index (Phi) is 20.6. The number of nitrogens with zero attached hydrogens (tertiary/aromatic N) is 12. The highest BCUT2D eigenvalue weighted by Crippen LogP contribution is 2.50. The van der Waals surface area contributed by atoms with Crippen molar-refractivity contribution >= 4 is 131 Å². The van der Waals surface area contributed by atoms with Crippen molar-refractivity contribution in [1.82, 2.24) is 57.3 Å². The minimum Gasteiger partial charge on any atom is -0.307 e. The van der Waals surface area contributed by atoms with E-state index >= 15 is 0 Å². The van der Waals surface area contributed by atoms with Crippen molar-refractivity contribution in [3.63, 3.8) is 0 Å². The van der Waals surface area contributed by atoms with E-state index in [2.05, 4.69) is 501 Å². The zero-order chi connectivity index (χ0) is 95.1. The Balaban J connectivity index is 0.000000108. The van der Waals surface area contributed by atoms with Gasteiger partial charge in [-0.25, -0.2) is 29.9 Å². The van der Waals surface area contributed by atoms with Crippen LogP contribution < -0.4 is 0 Å². The van der Waals surface area contributed by atoms with Gasteiger partial charge in [0.05, 0.1) is 94.7 Å². The molecule has 9 heterocycles. The molecule has 144 heavy (non-hydrogen) atoms. The van der Waals surface area contributed by atoms with Crippen LogP contribution in [0.2, 0.25) is 0 Å². The van der Waals surface area contributed by atoms with E-state index in [0.717, 1.165) is 162 Å². The first-order valence-electron chi connectivity index (χ1n) is 48.7. The van der Waals surface area contributed by atoms with E-state index in [9.17, 15) is 0 Å². The molecule has 12 heteroatoms. The second kappa shape index (κ2) is 35.5. The lowest BCUT2D eigenvalue weighted by molar-refractivity contribution is 0.995. The lowest BCUT2D eigenvalue weighted by Gasteiger charge is -2.15. The Morgan fingerprint density at radius 3 is 0.799 bits per heavy atom. The first kappa shape index (κ1) is 83.8. The van der Waals surface area contributed by atoms with Gasteiger partial charge in [-0.1, -0.05) is 419 Å². The maximum atomic E-state index is 5.38. The highest BCUT2D eigenvalue weighted by molar-refractivity contribution is 6.29. The molecule has 0 aliphatic carbocycles. The minimum atomic E-state index is 0.632. The molecule has 0 aliphatic rings. The molecule has 0 radical (unpaired) electrons. The number of hydrogen-bond donors (Lipinski definition) is 0. The topological polar surface area (TPSA) is 107 Å². The Morgan fingerprint density at radius 2 is 0.410 bits per heavy atom. The fourth-order valence-electron chi connectivity index (χ4n) is 21.6. The van der Waals surface area contributed by atoms with Crippen molar-refractivity contribution in [2.24, 2.45) is 0 Å². The number of hydrogen-bond acceptors (Lipinski definition) is 6. The SMILES string of the molecule is c1ccc(-c2cc(-c3ccccc3)nc(-n3c4ccccc4c4c(-c5ccccc5)cc5c6ccccc6n(-c6ccccc6)c5c43)n2)cc1.c1ccc(-c2cc(-n3c4ccccc4c4ccc5c6ccccc6n(-c6ccccc6)c5c43)nc(-c3ccccc3)n2)cc1.c1ccc(-c2ccc3c(c2)c2ccc4c5ccccc5n(-c5ccccc5)c4c2n3-c2nc(-c3ccccc3)cc(-c3ccccc3)n2)cc1. The third-order valence-electron chi connectivity index (χ3n) is 28.0. The molecule has 0 unspecified atom stereocenters. The molecular weight excluding hydrogens is 1750 g/mol. The van der Waals surface area contributed by atoms with Crippen LogP contribution in [-0.4, -0.2) is 57.3 Å². The summed E-state index contributed by atoms with van der Waals surface area (Å²) in [7, 11) is 0. The molecule has 0 fully saturated rings. The van der Waals surface area contributed by atoms with Crippen molar-refractivity contribution in [3.05, 3.63) is 522 Å². The quantitative estimate of drug-likeness (QED) is 0.107. The van der Waals surface area contributed by atoms with Crippen molar-refractivity contribution in [1.29, 1.82) is 0 Å². The summed E-state index contributed by atoms with van der Waals surface area (Å²) < 4.78 is 14.2. The number of benzene rings is 20. The molecule has 0 saturated heterocycles. The molecule has 0 atom stereocenters. The van der Waals surface area contributed by atoms with Crippen molar-refractivity contribution in [2.45, 2.75) is 0 Å². The highest BCUT2D eigenvalue weighted by Gasteiger charge is 2.30. The first-order chi connectivity index (χ1) is 71.5. The Morgan fingerprint density at radius 1 is 0.139 bits per heavy atom. The van der Waals surface area contributed by atoms with Crippen LogP contribution in [0.5, 0.6) is 0 Å². The third-order valence-corrected chi connectivity index (χ3v) is 28.0. The van der Waals surface area contributed by atoms with E-state index in [1.165, 1.54) is 76.2 Å². The van der Waals surface area contributed by atoms with Crippen LogP contribution in [0.3, 0.4) is 0 Å². The summed E-state index contributed by atoms with van der Waals surface area (Å²) in [4.78, 5) is 31.8. The zero-order valence-electron chi connectivity index (χ0n) is 78.0. The van der Waals surface area contributed by atoms with Crippen molar-refractivity contribution in [3.8, 4) is 125 Å². The highest BCUT2D eigenvalue weighted by atomic mass is 15.2. The van der Waals surface area contributed by atoms with Gasteiger partial charge in [0.15, 0.2) is 5.82 Å². The zero-order valence-corrected chi connectivity index (χ0v) is 78.0. The van der Waals surface area contributed by atoms with Gasteiger partial charge in [-0.2, -0.15) is 0 Å². The summed E-state index contributed by atoms with van der Waals surface area (Å²) in [5.74, 6) is 2.80. The number of rotatable bonds is 14. The Hall–Kier alpha value is -19.6. The van der Waals surface area contributed by atoms with E-state index < -0.39 is 0 Å². The van der Waals surface area contributed by atoms with E-state index in [1.54, 1.807) is 0 Å². The van der Waals surface area contributed by atoms with E-state index in [-0.39, 0.29) is 0 Å². The molecule has 20 aromatic carbocycles. The van der Waals surface area contributed by atoms with Crippen LogP contribution in [0.4, 0.5) is 0 Å². The summed E-state index contributed by atoms with van der Waals surface area (Å²) in [6.45, 7) is 0. The van der Waals surface area contributed by atoms with Gasteiger partial charge in [0.2, 0.25) is 11.9 Å². The molecule has 0 bridgehead atoms. The maximum absolute atomic E-state index is 5.38. The van der Waals surface area contributed by atoms with Crippen LogP contribution in [0.15, 0.2) is 522 Å². The van der Waals surface area contributed by atoms with Crippen molar-refractivity contribution in [2.75, 3.05) is 0 Å². The standard InChI is InChI=1S/2C46H30N4.C40H26N4/c1-5-17-31(18-6-1)37-29-38-35-25-13-15-27-41(35)49(34-23-11-4-12-24-34)44(38)45-43(37)36-26-14-16-28-42(36)50(45)46-47-39(32-19-7-2-8-20-32)30-40(48-46)33-21-9-3-10-22-33;1-5-15-31(16-6-1)34-25-28-43-39(29-34)38-27-26-37-36-23-13-14-24-42(36)49(35-21-11-4-12-22-35)44(37)45(38)50(43)46-47-40(32-17-7-2-8-18-32)30-41(48-46)33-19-9-3-10-20-33;1-4-14-27(15-5-1)34-26-37(42-40(41-34)28-16-6-2-7-17-28)44-36-23-13-11-21-31(36)33-25-24-32-30-20-10-12-22-35(30)43(38(32)39(33)44)29-18-8-3-9-19-29/h2*1-30H;1-26H. The summed E-state index contributed by atoms with van der Waals surface area (Å²) in [5, 5.41) is 14.2. The van der Waals surface area contributed by atoms with Gasteiger partial charge >= 0.3 is 0 Å². The van der Waals surface area contributed by atoms with Crippen LogP contribution in [0.25, 0.3) is 256 Å². The van der Waals surface area contributed by atoms with E-state index in [0.29, 0.717) is 17.7 Å². The van der Waals surface area contributed by atoms with E-state index in [4.69, 9.17) is 29.9 Å². The van der Waals surface area contributed by atoms with Gasteiger partial charge in [-0.3, -0.25) is 13.7 Å². The second-order valence-electron chi connectivity index (χ2n) is 36.3. The average molecular weight is 1840 g/mol. The number of para-hydroxylation sites is 8. The Labute approximate surface area is 828 Å². The summed E-state index contributed by atoms with van der Waals surface area (Å²) in [5.41, 5.74) is 32.0.